The van der Waals surface area contributed by atoms with Gasteiger partial charge in [0.2, 0.25) is 0 Å². The first kappa shape index (κ1) is 11.7. The van der Waals surface area contributed by atoms with Gasteiger partial charge in [-0.25, -0.2) is 0 Å². The van der Waals surface area contributed by atoms with Crippen molar-refractivity contribution in [2.24, 2.45) is 0 Å². The van der Waals surface area contributed by atoms with E-state index < -0.39 is 0 Å². The van der Waals surface area contributed by atoms with Crippen LogP contribution in [0.5, 0.6) is 5.75 Å². The summed E-state index contributed by atoms with van der Waals surface area (Å²) in [5.41, 5.74) is 2.61. The molecule has 0 radical (unpaired) electrons. The second kappa shape index (κ2) is 5.07. The first-order valence-electron chi connectivity index (χ1n) is 5.38. The molecular formula is C15H13ClO. The van der Waals surface area contributed by atoms with Gasteiger partial charge in [-0.3, -0.25) is 0 Å². The molecule has 0 bridgehead atoms. The van der Waals surface area contributed by atoms with Gasteiger partial charge in [0, 0.05) is 17.0 Å². The molecule has 0 atom stereocenters. The number of hydrogen-bond acceptors (Lipinski definition) is 1. The molecule has 2 rings (SSSR count). The summed E-state index contributed by atoms with van der Waals surface area (Å²) in [7, 11) is 0. The highest BCUT2D eigenvalue weighted by Gasteiger charge is 2.08. The number of aromatic hydroxyl groups is 1. The van der Waals surface area contributed by atoms with Crippen LogP contribution in [0.2, 0.25) is 0 Å². The Bertz CT molecular complexity index is 532. The lowest BCUT2D eigenvalue weighted by atomic mass is 10.00. The average molecular weight is 245 g/mol. The number of phenols is 1. The largest absolute Gasteiger partial charge is 0.507 e. The smallest absolute Gasteiger partial charge is 0.126 e. The number of allylic oxidation sites excluding steroid dienone is 1. The molecule has 0 spiro atoms. The molecule has 0 amide bonds. The number of halogens is 1. The molecule has 0 heterocycles. The molecule has 2 heteroatoms. The summed E-state index contributed by atoms with van der Waals surface area (Å²) in [6.07, 6.45) is 0.480. The Morgan fingerprint density at radius 3 is 2.41 bits per heavy atom. The van der Waals surface area contributed by atoms with Crippen LogP contribution in [0.3, 0.4) is 0 Å². The van der Waals surface area contributed by atoms with Gasteiger partial charge in [-0.2, -0.15) is 0 Å². The molecule has 0 aliphatic heterocycles. The monoisotopic (exact) mass is 244 g/mol. The topological polar surface area (TPSA) is 20.2 Å². The van der Waals surface area contributed by atoms with Gasteiger partial charge < -0.3 is 5.11 Å². The van der Waals surface area contributed by atoms with E-state index in [4.69, 9.17) is 11.6 Å². The van der Waals surface area contributed by atoms with Crippen molar-refractivity contribution < 1.29 is 5.11 Å². The van der Waals surface area contributed by atoms with E-state index in [0.29, 0.717) is 11.5 Å². The van der Waals surface area contributed by atoms with E-state index in [9.17, 15) is 5.11 Å². The van der Waals surface area contributed by atoms with Crippen LogP contribution in [0.1, 0.15) is 5.56 Å². The average Bonchev–Trinajstić information content (AvgIpc) is 2.32. The Hall–Kier alpha value is -1.73. The zero-order valence-corrected chi connectivity index (χ0v) is 10.1. The molecular weight excluding hydrogens is 232 g/mol. The number of rotatable bonds is 3. The molecule has 2 aromatic carbocycles. The number of para-hydroxylation sites is 1. The van der Waals surface area contributed by atoms with Crippen LogP contribution in [-0.4, -0.2) is 5.11 Å². The standard InChI is InChI=1S/C15H13ClO/c1-11(16)10-13-8-5-9-14(15(13)17)12-6-3-2-4-7-12/h2-9,17H,1,10H2. The maximum atomic E-state index is 10.2. The number of benzene rings is 2. The fourth-order valence-corrected chi connectivity index (χ4v) is 1.94. The second-order valence-electron chi connectivity index (χ2n) is 3.87. The van der Waals surface area contributed by atoms with Crippen LogP contribution >= 0.6 is 11.6 Å². The van der Waals surface area contributed by atoms with Gasteiger partial charge in [0.15, 0.2) is 0 Å². The Morgan fingerprint density at radius 2 is 1.76 bits per heavy atom. The van der Waals surface area contributed by atoms with Crippen molar-refractivity contribution >= 4 is 11.6 Å². The fourth-order valence-electron chi connectivity index (χ4n) is 1.79. The summed E-state index contributed by atoms with van der Waals surface area (Å²) in [6.45, 7) is 3.65. The van der Waals surface area contributed by atoms with Gasteiger partial charge in [0.1, 0.15) is 5.75 Å². The van der Waals surface area contributed by atoms with Crippen LogP contribution in [0, 0.1) is 0 Å². The molecule has 0 saturated heterocycles. The lowest BCUT2D eigenvalue weighted by Crippen LogP contribution is -1.88. The van der Waals surface area contributed by atoms with Crippen LogP contribution in [-0.2, 0) is 6.42 Å². The van der Waals surface area contributed by atoms with Gasteiger partial charge in [0.05, 0.1) is 0 Å². The molecule has 1 N–H and O–H groups in total. The van der Waals surface area contributed by atoms with Crippen molar-refractivity contribution in [2.45, 2.75) is 6.42 Å². The zero-order chi connectivity index (χ0) is 12.3. The molecule has 17 heavy (non-hydrogen) atoms. The molecule has 0 saturated carbocycles. The van der Waals surface area contributed by atoms with Gasteiger partial charge >= 0.3 is 0 Å². The second-order valence-corrected chi connectivity index (χ2v) is 4.41. The lowest BCUT2D eigenvalue weighted by Gasteiger charge is -2.09. The minimum Gasteiger partial charge on any atom is -0.507 e. The Morgan fingerprint density at radius 1 is 1.06 bits per heavy atom. The molecule has 86 valence electrons. The molecule has 0 unspecified atom stereocenters. The van der Waals surface area contributed by atoms with Gasteiger partial charge in [-0.15, -0.1) is 0 Å². The van der Waals surface area contributed by atoms with Gasteiger partial charge in [-0.1, -0.05) is 66.7 Å². The van der Waals surface area contributed by atoms with E-state index >= 15 is 0 Å². The maximum absolute atomic E-state index is 10.2. The first-order valence-corrected chi connectivity index (χ1v) is 5.76. The summed E-state index contributed by atoms with van der Waals surface area (Å²) < 4.78 is 0. The van der Waals surface area contributed by atoms with E-state index in [1.807, 2.05) is 48.5 Å². The van der Waals surface area contributed by atoms with Crippen LogP contribution < -0.4 is 0 Å². The van der Waals surface area contributed by atoms with E-state index in [2.05, 4.69) is 6.58 Å². The van der Waals surface area contributed by atoms with Crippen LogP contribution in [0.25, 0.3) is 11.1 Å². The maximum Gasteiger partial charge on any atom is 0.126 e. The Balaban J connectivity index is 2.46. The lowest BCUT2D eigenvalue weighted by molar-refractivity contribution is 0.471. The first-order chi connectivity index (χ1) is 8.18. The van der Waals surface area contributed by atoms with Crippen LogP contribution in [0.4, 0.5) is 0 Å². The molecule has 1 nitrogen and oxygen atoms in total. The van der Waals surface area contributed by atoms with Gasteiger partial charge in [-0.05, 0) is 11.1 Å². The number of hydrogen-bond donors (Lipinski definition) is 1. The summed E-state index contributed by atoms with van der Waals surface area (Å²) >= 11 is 5.78. The van der Waals surface area contributed by atoms with Crippen molar-refractivity contribution in [3.05, 3.63) is 65.7 Å². The summed E-state index contributed by atoms with van der Waals surface area (Å²) in [5.74, 6) is 0.278. The number of phenolic OH excluding ortho intramolecular Hbond substituents is 1. The van der Waals surface area contributed by atoms with E-state index in [1.54, 1.807) is 0 Å². The quantitative estimate of drug-likeness (QED) is 0.851. The van der Waals surface area contributed by atoms with Crippen molar-refractivity contribution in [1.82, 2.24) is 0 Å². The minimum atomic E-state index is 0.278. The summed E-state index contributed by atoms with van der Waals surface area (Å²) in [5, 5.41) is 10.7. The highest BCUT2D eigenvalue weighted by molar-refractivity contribution is 6.29. The molecule has 0 aromatic heterocycles. The molecule has 0 fully saturated rings. The van der Waals surface area contributed by atoms with E-state index in [-0.39, 0.29) is 5.75 Å². The van der Waals surface area contributed by atoms with Crippen LogP contribution in [0.15, 0.2) is 60.1 Å². The Labute approximate surface area is 106 Å². The molecule has 0 aliphatic carbocycles. The third kappa shape index (κ3) is 2.69. The zero-order valence-electron chi connectivity index (χ0n) is 9.36. The van der Waals surface area contributed by atoms with Crippen molar-refractivity contribution in [3.8, 4) is 16.9 Å². The molecule has 0 aliphatic rings. The van der Waals surface area contributed by atoms with Gasteiger partial charge in [0.25, 0.3) is 0 Å². The summed E-state index contributed by atoms with van der Waals surface area (Å²) in [4.78, 5) is 0. The molecule has 2 aromatic rings. The minimum absolute atomic E-state index is 0.278. The highest BCUT2D eigenvalue weighted by Crippen LogP contribution is 2.33. The predicted octanol–water partition coefficient (Wildman–Crippen LogP) is 4.35. The Kier molecular flexibility index (Phi) is 3.50. The normalized spacial score (nSPS) is 10.2. The third-order valence-electron chi connectivity index (χ3n) is 2.59. The van der Waals surface area contributed by atoms with E-state index in [0.717, 1.165) is 16.7 Å². The summed E-state index contributed by atoms with van der Waals surface area (Å²) in [6, 6.07) is 15.4. The van der Waals surface area contributed by atoms with Crippen molar-refractivity contribution in [3.63, 3.8) is 0 Å². The van der Waals surface area contributed by atoms with Crippen molar-refractivity contribution in [1.29, 1.82) is 0 Å². The van der Waals surface area contributed by atoms with E-state index in [1.165, 1.54) is 0 Å². The SMILES string of the molecule is C=C(Cl)Cc1cccc(-c2ccccc2)c1O. The highest BCUT2D eigenvalue weighted by atomic mass is 35.5. The fraction of sp³-hybridized carbons (Fsp3) is 0.0667. The van der Waals surface area contributed by atoms with Crippen molar-refractivity contribution in [2.75, 3.05) is 0 Å². The third-order valence-corrected chi connectivity index (χ3v) is 2.72. The predicted molar refractivity (Wildman–Crippen MR) is 72.2 cm³/mol.